The van der Waals surface area contributed by atoms with Crippen LogP contribution in [0.5, 0.6) is 5.75 Å². The molecule has 0 fully saturated rings. The number of aromatic hydroxyl groups is 1. The van der Waals surface area contributed by atoms with E-state index in [-0.39, 0.29) is 36.9 Å². The molecule has 32 heavy (non-hydrogen) atoms. The SMILES string of the molecule is CC(C)C(CO)NC(=O)c1c(O)c2ncc(Cc3ccc(F)cc3)cc2n(CCN)c1=O. The smallest absolute Gasteiger partial charge is 0.267 e. The highest BCUT2D eigenvalue weighted by molar-refractivity contribution is 6.01. The number of benzene rings is 1. The van der Waals surface area contributed by atoms with Gasteiger partial charge in [0.15, 0.2) is 5.75 Å². The maximum Gasteiger partial charge on any atom is 0.267 e. The number of carbonyl (C=O) groups excluding carboxylic acids is 1. The normalized spacial score (nSPS) is 12.3. The first kappa shape index (κ1) is 23.4. The molecule has 0 aliphatic rings. The van der Waals surface area contributed by atoms with Gasteiger partial charge in [-0.05, 0) is 41.7 Å². The largest absolute Gasteiger partial charge is 0.505 e. The van der Waals surface area contributed by atoms with Gasteiger partial charge >= 0.3 is 0 Å². The second kappa shape index (κ2) is 9.88. The first-order valence-corrected chi connectivity index (χ1v) is 10.4. The van der Waals surface area contributed by atoms with Crippen LogP contribution < -0.4 is 16.6 Å². The average Bonchev–Trinajstić information content (AvgIpc) is 2.76. The van der Waals surface area contributed by atoms with Crippen molar-refractivity contribution in [3.05, 3.63) is 69.4 Å². The van der Waals surface area contributed by atoms with Crippen molar-refractivity contribution in [1.29, 1.82) is 0 Å². The molecule has 0 saturated carbocycles. The predicted octanol–water partition coefficient (Wildman–Crippen LogP) is 1.54. The summed E-state index contributed by atoms with van der Waals surface area (Å²) in [6.45, 7) is 3.58. The van der Waals surface area contributed by atoms with Crippen LogP contribution >= 0.6 is 0 Å². The monoisotopic (exact) mass is 442 g/mol. The Kier molecular flexibility index (Phi) is 7.22. The molecule has 9 heteroatoms. The quantitative estimate of drug-likeness (QED) is 0.419. The summed E-state index contributed by atoms with van der Waals surface area (Å²) in [6, 6.07) is 7.16. The number of fused-ring (bicyclic) bond motifs is 1. The summed E-state index contributed by atoms with van der Waals surface area (Å²) in [5, 5.41) is 22.8. The molecule has 1 aromatic carbocycles. The number of rotatable bonds is 8. The molecule has 1 amide bonds. The van der Waals surface area contributed by atoms with Gasteiger partial charge in [-0.1, -0.05) is 26.0 Å². The van der Waals surface area contributed by atoms with Gasteiger partial charge in [-0.15, -0.1) is 0 Å². The van der Waals surface area contributed by atoms with Crippen LogP contribution in [-0.4, -0.2) is 44.9 Å². The van der Waals surface area contributed by atoms with Crippen LogP contribution in [0.4, 0.5) is 4.39 Å². The van der Waals surface area contributed by atoms with Crippen LogP contribution in [0.15, 0.2) is 41.3 Å². The van der Waals surface area contributed by atoms with Crippen molar-refractivity contribution in [2.45, 2.75) is 32.9 Å². The number of halogens is 1. The van der Waals surface area contributed by atoms with Gasteiger partial charge in [-0.25, -0.2) is 4.39 Å². The standard InChI is InChI=1S/C23H27FN4O4/c1-13(2)17(12-29)27-22(31)19-21(30)20-18(28(8-7-25)23(19)32)10-15(11-26-20)9-14-3-5-16(24)6-4-14/h3-6,10-11,13,17,29-30H,7-9,12,25H2,1-2H3,(H,27,31). The summed E-state index contributed by atoms with van der Waals surface area (Å²) < 4.78 is 14.5. The van der Waals surface area contributed by atoms with Gasteiger partial charge in [0.2, 0.25) is 0 Å². The van der Waals surface area contributed by atoms with Crippen molar-refractivity contribution in [3.8, 4) is 5.75 Å². The average molecular weight is 442 g/mol. The van der Waals surface area contributed by atoms with Gasteiger partial charge in [0.25, 0.3) is 11.5 Å². The van der Waals surface area contributed by atoms with Crippen molar-refractivity contribution in [2.75, 3.05) is 13.2 Å². The number of carbonyl (C=O) groups is 1. The molecule has 3 rings (SSSR count). The minimum atomic E-state index is -0.787. The summed E-state index contributed by atoms with van der Waals surface area (Å²) in [5.41, 5.74) is 6.59. The Hall–Kier alpha value is -3.30. The summed E-state index contributed by atoms with van der Waals surface area (Å²) >= 11 is 0. The first-order valence-electron chi connectivity index (χ1n) is 10.4. The Morgan fingerprint density at radius 1 is 1.25 bits per heavy atom. The number of aromatic nitrogens is 2. The number of aliphatic hydroxyl groups is 1. The topological polar surface area (TPSA) is 130 Å². The van der Waals surface area contributed by atoms with E-state index in [1.807, 2.05) is 13.8 Å². The Balaban J connectivity index is 2.09. The molecule has 1 unspecified atom stereocenters. The molecule has 1 atom stereocenters. The molecule has 0 bridgehead atoms. The second-order valence-corrected chi connectivity index (χ2v) is 7.99. The lowest BCUT2D eigenvalue weighted by atomic mass is 10.0. The second-order valence-electron chi connectivity index (χ2n) is 7.99. The van der Waals surface area contributed by atoms with E-state index in [0.717, 1.165) is 11.1 Å². The van der Waals surface area contributed by atoms with Crippen LogP contribution in [0.1, 0.15) is 35.3 Å². The highest BCUT2D eigenvalue weighted by Gasteiger charge is 2.25. The zero-order valence-electron chi connectivity index (χ0n) is 18.0. The van der Waals surface area contributed by atoms with Gasteiger partial charge in [0.1, 0.15) is 16.9 Å². The fraction of sp³-hybridized carbons (Fsp3) is 0.348. The van der Waals surface area contributed by atoms with Gasteiger partial charge in [-0.3, -0.25) is 14.6 Å². The minimum Gasteiger partial charge on any atom is -0.505 e. The van der Waals surface area contributed by atoms with Crippen LogP contribution in [0.25, 0.3) is 11.0 Å². The molecular weight excluding hydrogens is 415 g/mol. The van der Waals surface area contributed by atoms with E-state index in [1.54, 1.807) is 18.2 Å². The van der Waals surface area contributed by atoms with Crippen molar-refractivity contribution in [2.24, 2.45) is 11.7 Å². The zero-order chi connectivity index (χ0) is 23.4. The minimum absolute atomic E-state index is 0.0787. The highest BCUT2D eigenvalue weighted by Crippen LogP contribution is 2.26. The van der Waals surface area contributed by atoms with E-state index in [1.165, 1.54) is 22.9 Å². The van der Waals surface area contributed by atoms with Gasteiger partial charge in [0.05, 0.1) is 18.2 Å². The van der Waals surface area contributed by atoms with Crippen LogP contribution in [0.2, 0.25) is 0 Å². The first-order chi connectivity index (χ1) is 15.3. The molecule has 3 aromatic rings. The number of amides is 1. The van der Waals surface area contributed by atoms with E-state index in [9.17, 15) is 24.2 Å². The number of nitrogens with two attached hydrogens (primary N) is 1. The molecule has 0 spiro atoms. The van der Waals surface area contributed by atoms with E-state index >= 15 is 0 Å². The van der Waals surface area contributed by atoms with Crippen LogP contribution in [-0.2, 0) is 13.0 Å². The number of nitrogens with zero attached hydrogens (tertiary/aromatic N) is 2. The zero-order valence-corrected chi connectivity index (χ0v) is 18.0. The van der Waals surface area contributed by atoms with E-state index in [4.69, 9.17) is 5.73 Å². The number of aliphatic hydroxyl groups excluding tert-OH is 1. The maximum atomic E-state index is 13.2. The Morgan fingerprint density at radius 2 is 1.94 bits per heavy atom. The summed E-state index contributed by atoms with van der Waals surface area (Å²) in [5.74, 6) is -1.72. The summed E-state index contributed by atoms with van der Waals surface area (Å²) in [4.78, 5) is 30.2. The molecule has 2 heterocycles. The molecule has 0 aliphatic carbocycles. The number of nitrogens with one attached hydrogen (secondary N) is 1. The molecular formula is C23H27FN4O4. The third-order valence-corrected chi connectivity index (χ3v) is 5.35. The number of hydrogen-bond donors (Lipinski definition) is 4. The lowest BCUT2D eigenvalue weighted by Gasteiger charge is -2.21. The number of pyridine rings is 2. The van der Waals surface area contributed by atoms with E-state index < -0.39 is 28.8 Å². The van der Waals surface area contributed by atoms with Gasteiger partial charge < -0.3 is 25.8 Å². The molecule has 2 aromatic heterocycles. The van der Waals surface area contributed by atoms with E-state index in [2.05, 4.69) is 10.3 Å². The molecule has 0 aliphatic heterocycles. The van der Waals surface area contributed by atoms with Crippen molar-refractivity contribution in [3.63, 3.8) is 0 Å². The summed E-state index contributed by atoms with van der Waals surface area (Å²) in [6.07, 6.45) is 1.98. The van der Waals surface area contributed by atoms with Crippen molar-refractivity contribution < 1.29 is 19.4 Å². The maximum absolute atomic E-state index is 13.2. The Labute approximate surface area is 184 Å². The molecule has 0 radical (unpaired) electrons. The predicted molar refractivity (Wildman–Crippen MR) is 119 cm³/mol. The fourth-order valence-corrected chi connectivity index (χ4v) is 3.50. The van der Waals surface area contributed by atoms with Gasteiger partial charge in [0, 0.05) is 19.3 Å². The molecule has 170 valence electrons. The van der Waals surface area contributed by atoms with Crippen LogP contribution in [0.3, 0.4) is 0 Å². The lowest BCUT2D eigenvalue weighted by molar-refractivity contribution is 0.0892. The van der Waals surface area contributed by atoms with E-state index in [0.29, 0.717) is 11.9 Å². The van der Waals surface area contributed by atoms with Crippen LogP contribution in [0, 0.1) is 11.7 Å². The number of hydrogen-bond acceptors (Lipinski definition) is 6. The van der Waals surface area contributed by atoms with Gasteiger partial charge in [-0.2, -0.15) is 0 Å². The molecule has 0 saturated heterocycles. The van der Waals surface area contributed by atoms with Crippen molar-refractivity contribution >= 4 is 16.9 Å². The highest BCUT2D eigenvalue weighted by atomic mass is 19.1. The molecule has 8 nitrogen and oxygen atoms in total. The molecule has 5 N–H and O–H groups in total. The van der Waals surface area contributed by atoms with Crippen molar-refractivity contribution in [1.82, 2.24) is 14.9 Å². The third-order valence-electron chi connectivity index (χ3n) is 5.35. The lowest BCUT2D eigenvalue weighted by Crippen LogP contribution is -2.43. The Bertz CT molecular complexity index is 1180. The third kappa shape index (κ3) is 4.79. The Morgan fingerprint density at radius 3 is 2.53 bits per heavy atom. The fourth-order valence-electron chi connectivity index (χ4n) is 3.50. The summed E-state index contributed by atoms with van der Waals surface area (Å²) in [7, 11) is 0.